The number of ether oxygens (including phenoxy) is 1. The molecule has 20 heavy (non-hydrogen) atoms. The van der Waals surface area contributed by atoms with Gasteiger partial charge < -0.3 is 10.1 Å². The summed E-state index contributed by atoms with van der Waals surface area (Å²) in [7, 11) is 1.47. The summed E-state index contributed by atoms with van der Waals surface area (Å²) in [4.78, 5) is 4.08. The van der Waals surface area contributed by atoms with E-state index in [9.17, 15) is 4.39 Å². The van der Waals surface area contributed by atoms with Gasteiger partial charge in [-0.05, 0) is 48.7 Å². The summed E-state index contributed by atoms with van der Waals surface area (Å²) in [5, 5.41) is 3.42. The van der Waals surface area contributed by atoms with Crippen molar-refractivity contribution in [2.24, 2.45) is 0 Å². The molecule has 0 fully saturated rings. The SMILES string of the molecule is COc1cc(C(C)NCc2ccncc2C)ccc1F. The monoisotopic (exact) mass is 274 g/mol. The maximum atomic E-state index is 13.4. The van der Waals surface area contributed by atoms with E-state index >= 15 is 0 Å². The van der Waals surface area contributed by atoms with Crippen LogP contribution in [0.3, 0.4) is 0 Å². The second-order valence-corrected chi connectivity index (χ2v) is 4.80. The van der Waals surface area contributed by atoms with Gasteiger partial charge >= 0.3 is 0 Å². The van der Waals surface area contributed by atoms with Gasteiger partial charge in [0, 0.05) is 25.0 Å². The molecule has 0 amide bonds. The smallest absolute Gasteiger partial charge is 0.165 e. The molecule has 106 valence electrons. The average molecular weight is 274 g/mol. The zero-order chi connectivity index (χ0) is 14.5. The third kappa shape index (κ3) is 3.33. The molecule has 1 atom stereocenters. The molecule has 0 radical (unpaired) electrons. The van der Waals surface area contributed by atoms with Crippen LogP contribution in [0.4, 0.5) is 4.39 Å². The number of aromatic nitrogens is 1. The Labute approximate surface area is 118 Å². The van der Waals surface area contributed by atoms with Crippen molar-refractivity contribution in [3.05, 3.63) is 59.2 Å². The molecule has 0 aliphatic carbocycles. The molecule has 0 spiro atoms. The summed E-state index contributed by atoms with van der Waals surface area (Å²) in [6.45, 7) is 4.83. The number of hydrogen-bond donors (Lipinski definition) is 1. The van der Waals surface area contributed by atoms with Gasteiger partial charge in [0.05, 0.1) is 7.11 Å². The first-order valence-electron chi connectivity index (χ1n) is 6.58. The molecule has 0 bridgehead atoms. The highest BCUT2D eigenvalue weighted by Crippen LogP contribution is 2.22. The minimum atomic E-state index is -0.339. The van der Waals surface area contributed by atoms with E-state index in [4.69, 9.17) is 4.74 Å². The fourth-order valence-electron chi connectivity index (χ4n) is 2.03. The Kier molecular flexibility index (Phi) is 4.69. The summed E-state index contributed by atoms with van der Waals surface area (Å²) in [5.74, 6) is -0.0651. The van der Waals surface area contributed by atoms with E-state index in [1.54, 1.807) is 18.3 Å². The number of nitrogens with one attached hydrogen (secondary N) is 1. The van der Waals surface area contributed by atoms with E-state index in [0.717, 1.165) is 17.7 Å². The second-order valence-electron chi connectivity index (χ2n) is 4.80. The summed E-state index contributed by atoms with van der Waals surface area (Å²) in [5.41, 5.74) is 3.36. The van der Waals surface area contributed by atoms with Gasteiger partial charge in [0.1, 0.15) is 0 Å². The number of rotatable bonds is 5. The highest BCUT2D eigenvalue weighted by Gasteiger charge is 2.09. The van der Waals surface area contributed by atoms with Gasteiger partial charge in [-0.1, -0.05) is 6.07 Å². The van der Waals surface area contributed by atoms with E-state index in [0.29, 0.717) is 0 Å². The lowest BCUT2D eigenvalue weighted by atomic mass is 10.1. The molecule has 2 rings (SSSR count). The molecular weight excluding hydrogens is 255 g/mol. The lowest BCUT2D eigenvalue weighted by Gasteiger charge is -2.16. The number of benzene rings is 1. The maximum Gasteiger partial charge on any atom is 0.165 e. The van der Waals surface area contributed by atoms with Crippen molar-refractivity contribution in [3.63, 3.8) is 0 Å². The number of halogens is 1. The third-order valence-corrected chi connectivity index (χ3v) is 3.41. The van der Waals surface area contributed by atoms with Crippen molar-refractivity contribution in [3.8, 4) is 5.75 Å². The van der Waals surface area contributed by atoms with E-state index in [2.05, 4.69) is 10.3 Å². The topological polar surface area (TPSA) is 34.1 Å². The van der Waals surface area contributed by atoms with Crippen LogP contribution in [0.1, 0.15) is 29.7 Å². The number of pyridine rings is 1. The normalized spacial score (nSPS) is 12.2. The molecule has 3 nitrogen and oxygen atoms in total. The van der Waals surface area contributed by atoms with Crippen LogP contribution in [0, 0.1) is 12.7 Å². The van der Waals surface area contributed by atoms with Gasteiger partial charge in [0.2, 0.25) is 0 Å². The van der Waals surface area contributed by atoms with Gasteiger partial charge in [0.25, 0.3) is 0 Å². The zero-order valence-electron chi connectivity index (χ0n) is 12.0. The molecule has 1 heterocycles. The predicted octanol–water partition coefficient (Wildman–Crippen LogP) is 3.39. The van der Waals surface area contributed by atoms with Crippen molar-refractivity contribution in [2.75, 3.05) is 7.11 Å². The van der Waals surface area contributed by atoms with Crippen molar-refractivity contribution < 1.29 is 9.13 Å². The molecule has 1 aromatic carbocycles. The van der Waals surface area contributed by atoms with Crippen LogP contribution < -0.4 is 10.1 Å². The summed E-state index contributed by atoms with van der Waals surface area (Å²) >= 11 is 0. The zero-order valence-corrected chi connectivity index (χ0v) is 12.0. The Morgan fingerprint density at radius 1 is 1.35 bits per heavy atom. The van der Waals surface area contributed by atoms with E-state index in [-0.39, 0.29) is 17.6 Å². The number of aryl methyl sites for hydroxylation is 1. The molecule has 1 N–H and O–H groups in total. The van der Waals surface area contributed by atoms with Crippen LogP contribution in [-0.2, 0) is 6.54 Å². The molecule has 0 saturated carbocycles. The Balaban J connectivity index is 2.05. The van der Waals surface area contributed by atoms with Crippen LogP contribution in [0.2, 0.25) is 0 Å². The third-order valence-electron chi connectivity index (χ3n) is 3.41. The van der Waals surface area contributed by atoms with Gasteiger partial charge in [-0.3, -0.25) is 4.98 Å². The first-order valence-corrected chi connectivity index (χ1v) is 6.58. The highest BCUT2D eigenvalue weighted by atomic mass is 19.1. The van der Waals surface area contributed by atoms with Gasteiger partial charge in [-0.2, -0.15) is 0 Å². The van der Waals surface area contributed by atoms with Crippen LogP contribution in [0.25, 0.3) is 0 Å². The summed E-state index contributed by atoms with van der Waals surface area (Å²) < 4.78 is 18.4. The highest BCUT2D eigenvalue weighted by molar-refractivity contribution is 5.32. The van der Waals surface area contributed by atoms with Crippen LogP contribution in [0.15, 0.2) is 36.7 Å². The van der Waals surface area contributed by atoms with Crippen molar-refractivity contribution >= 4 is 0 Å². The molecular formula is C16H19FN2O. The second kappa shape index (κ2) is 6.48. The number of methoxy groups -OCH3 is 1. The quantitative estimate of drug-likeness (QED) is 0.907. The fourth-order valence-corrected chi connectivity index (χ4v) is 2.03. The van der Waals surface area contributed by atoms with Gasteiger partial charge in [0.15, 0.2) is 11.6 Å². The minimum Gasteiger partial charge on any atom is -0.494 e. The van der Waals surface area contributed by atoms with Crippen molar-refractivity contribution in [1.82, 2.24) is 10.3 Å². The Morgan fingerprint density at radius 2 is 2.15 bits per heavy atom. The number of nitrogens with zero attached hydrogens (tertiary/aromatic N) is 1. The fraction of sp³-hybridized carbons (Fsp3) is 0.312. The molecule has 0 saturated heterocycles. The molecule has 1 unspecified atom stereocenters. The Hall–Kier alpha value is -1.94. The molecule has 0 aliphatic rings. The average Bonchev–Trinajstić information content (AvgIpc) is 2.46. The maximum absolute atomic E-state index is 13.4. The first kappa shape index (κ1) is 14.5. The van der Waals surface area contributed by atoms with E-state index < -0.39 is 0 Å². The van der Waals surface area contributed by atoms with Gasteiger partial charge in [-0.25, -0.2) is 4.39 Å². The Morgan fingerprint density at radius 3 is 2.85 bits per heavy atom. The molecule has 2 aromatic rings. The van der Waals surface area contributed by atoms with E-state index in [1.807, 2.05) is 26.1 Å². The molecule has 4 heteroatoms. The lowest BCUT2D eigenvalue weighted by Crippen LogP contribution is -2.18. The van der Waals surface area contributed by atoms with Crippen LogP contribution in [-0.4, -0.2) is 12.1 Å². The van der Waals surface area contributed by atoms with Crippen LogP contribution >= 0.6 is 0 Å². The van der Waals surface area contributed by atoms with Crippen molar-refractivity contribution in [1.29, 1.82) is 0 Å². The summed E-state index contributed by atoms with van der Waals surface area (Å²) in [6.07, 6.45) is 3.64. The Bertz CT molecular complexity index is 586. The van der Waals surface area contributed by atoms with E-state index in [1.165, 1.54) is 18.7 Å². The van der Waals surface area contributed by atoms with Crippen LogP contribution in [0.5, 0.6) is 5.75 Å². The lowest BCUT2D eigenvalue weighted by molar-refractivity contribution is 0.385. The molecule has 1 aromatic heterocycles. The molecule has 0 aliphatic heterocycles. The van der Waals surface area contributed by atoms with Crippen molar-refractivity contribution in [2.45, 2.75) is 26.4 Å². The standard InChI is InChI=1S/C16H19FN2O/c1-11-9-18-7-6-14(11)10-19-12(2)13-4-5-15(17)16(8-13)20-3/h4-9,12,19H,10H2,1-3H3. The van der Waals surface area contributed by atoms with Gasteiger partial charge in [-0.15, -0.1) is 0 Å². The predicted molar refractivity (Wildman–Crippen MR) is 77.2 cm³/mol. The number of hydrogen-bond acceptors (Lipinski definition) is 3. The largest absolute Gasteiger partial charge is 0.494 e. The first-order chi connectivity index (χ1) is 9.61. The minimum absolute atomic E-state index is 0.108. The summed E-state index contributed by atoms with van der Waals surface area (Å²) in [6, 6.07) is 7.04.